The van der Waals surface area contributed by atoms with E-state index in [0.29, 0.717) is 5.02 Å². The first kappa shape index (κ1) is 8.02. The monoisotopic (exact) mass is 182 g/mol. The van der Waals surface area contributed by atoms with Gasteiger partial charge < -0.3 is 5.73 Å². The van der Waals surface area contributed by atoms with E-state index in [9.17, 15) is 0 Å². The Morgan fingerprint density at radius 2 is 2.25 bits per heavy atom. The number of hydrogen-bond donors (Lipinski definition) is 1. The van der Waals surface area contributed by atoms with Crippen molar-refractivity contribution in [3.05, 3.63) is 28.5 Å². The van der Waals surface area contributed by atoms with E-state index in [1.165, 1.54) is 0 Å². The van der Waals surface area contributed by atoms with Crippen LogP contribution in [0, 0.1) is 6.92 Å². The van der Waals surface area contributed by atoms with Gasteiger partial charge in [-0.2, -0.15) is 0 Å². The zero-order valence-electron chi connectivity index (χ0n) is 6.97. The average Bonchev–Trinajstić information content (AvgIpc) is 2.68. The highest BCUT2D eigenvalue weighted by molar-refractivity contribution is 6.30. The molecule has 64 valence electrons. The summed E-state index contributed by atoms with van der Waals surface area (Å²) in [6, 6.07) is 1.91. The highest BCUT2D eigenvalue weighted by Gasteiger charge is 2.42. The zero-order chi connectivity index (χ0) is 8.77. The van der Waals surface area contributed by atoms with Crippen molar-refractivity contribution in [3.63, 3.8) is 0 Å². The third-order valence-electron chi connectivity index (χ3n) is 2.31. The molecule has 1 aromatic rings. The van der Waals surface area contributed by atoms with Crippen molar-refractivity contribution in [2.24, 2.45) is 5.73 Å². The summed E-state index contributed by atoms with van der Waals surface area (Å²) in [5, 5.41) is 0.681. The minimum absolute atomic E-state index is 0.144. The van der Waals surface area contributed by atoms with Gasteiger partial charge in [0.25, 0.3) is 0 Å². The summed E-state index contributed by atoms with van der Waals surface area (Å²) in [7, 11) is 0. The van der Waals surface area contributed by atoms with Crippen LogP contribution >= 0.6 is 11.6 Å². The van der Waals surface area contributed by atoms with Crippen molar-refractivity contribution < 1.29 is 0 Å². The van der Waals surface area contributed by atoms with Crippen LogP contribution in [0.5, 0.6) is 0 Å². The number of hydrogen-bond acceptors (Lipinski definition) is 2. The summed E-state index contributed by atoms with van der Waals surface area (Å²) in [4.78, 5) is 4.25. The molecule has 0 spiro atoms. The summed E-state index contributed by atoms with van der Waals surface area (Å²) >= 11 is 5.78. The Kier molecular flexibility index (Phi) is 1.63. The first-order chi connectivity index (χ1) is 5.62. The second kappa shape index (κ2) is 2.44. The molecule has 0 atom stereocenters. The Morgan fingerprint density at radius 3 is 2.75 bits per heavy atom. The molecular weight excluding hydrogens is 172 g/mol. The van der Waals surface area contributed by atoms with Crippen LogP contribution in [0.25, 0.3) is 0 Å². The van der Waals surface area contributed by atoms with Crippen molar-refractivity contribution in [2.45, 2.75) is 25.3 Å². The maximum Gasteiger partial charge on any atom is 0.0632 e. The van der Waals surface area contributed by atoms with Gasteiger partial charge in [0.05, 0.1) is 16.3 Å². The van der Waals surface area contributed by atoms with Gasteiger partial charge in [-0.3, -0.25) is 4.98 Å². The van der Waals surface area contributed by atoms with E-state index >= 15 is 0 Å². The summed E-state index contributed by atoms with van der Waals surface area (Å²) in [5.74, 6) is 0. The molecule has 0 saturated heterocycles. The van der Waals surface area contributed by atoms with E-state index in [0.717, 1.165) is 24.1 Å². The van der Waals surface area contributed by atoms with Crippen LogP contribution in [-0.2, 0) is 5.54 Å². The van der Waals surface area contributed by atoms with Gasteiger partial charge in [-0.15, -0.1) is 0 Å². The Bertz CT molecular complexity index is 318. The van der Waals surface area contributed by atoms with Gasteiger partial charge in [0.1, 0.15) is 0 Å². The van der Waals surface area contributed by atoms with Gasteiger partial charge in [-0.05, 0) is 31.4 Å². The molecule has 0 aliphatic heterocycles. The van der Waals surface area contributed by atoms with Crippen LogP contribution in [0.1, 0.15) is 24.1 Å². The Morgan fingerprint density at radius 1 is 1.58 bits per heavy atom. The summed E-state index contributed by atoms with van der Waals surface area (Å²) in [6.07, 6.45) is 3.75. The third kappa shape index (κ3) is 1.21. The van der Waals surface area contributed by atoms with Gasteiger partial charge in [-0.1, -0.05) is 11.6 Å². The first-order valence-corrected chi connectivity index (χ1v) is 4.41. The summed E-state index contributed by atoms with van der Waals surface area (Å²) in [6.45, 7) is 2.00. The first-order valence-electron chi connectivity index (χ1n) is 4.03. The number of pyridine rings is 1. The van der Waals surface area contributed by atoms with Crippen molar-refractivity contribution in [1.29, 1.82) is 0 Å². The van der Waals surface area contributed by atoms with Crippen LogP contribution in [0.4, 0.5) is 0 Å². The highest BCUT2D eigenvalue weighted by atomic mass is 35.5. The maximum absolute atomic E-state index is 6.01. The molecule has 1 aliphatic rings. The molecule has 2 rings (SSSR count). The molecule has 0 bridgehead atoms. The average molecular weight is 183 g/mol. The molecular formula is C9H11ClN2. The molecule has 0 aromatic carbocycles. The molecule has 2 nitrogen and oxygen atoms in total. The minimum atomic E-state index is -0.144. The third-order valence-corrected chi connectivity index (χ3v) is 2.51. The van der Waals surface area contributed by atoms with Crippen LogP contribution < -0.4 is 5.73 Å². The van der Waals surface area contributed by atoms with Crippen LogP contribution in [-0.4, -0.2) is 4.98 Å². The normalized spacial score (nSPS) is 19.2. The highest BCUT2D eigenvalue weighted by Crippen LogP contribution is 2.43. The lowest BCUT2D eigenvalue weighted by Gasteiger charge is -2.10. The Hall–Kier alpha value is -0.600. The van der Waals surface area contributed by atoms with E-state index in [-0.39, 0.29) is 5.54 Å². The molecule has 1 saturated carbocycles. The Labute approximate surface area is 76.7 Å². The second-order valence-electron chi connectivity index (χ2n) is 3.48. The molecule has 0 amide bonds. The smallest absolute Gasteiger partial charge is 0.0632 e. The number of nitrogens with zero attached hydrogens (tertiary/aromatic N) is 1. The molecule has 1 aromatic heterocycles. The molecule has 0 unspecified atom stereocenters. The van der Waals surface area contributed by atoms with E-state index in [4.69, 9.17) is 17.3 Å². The van der Waals surface area contributed by atoms with Crippen LogP contribution in [0.2, 0.25) is 5.02 Å². The van der Waals surface area contributed by atoms with Crippen molar-refractivity contribution >= 4 is 11.6 Å². The lowest BCUT2D eigenvalue weighted by molar-refractivity contribution is 0.700. The Balaban J connectivity index is 2.45. The molecule has 1 heterocycles. The maximum atomic E-state index is 6.01. The van der Waals surface area contributed by atoms with Gasteiger partial charge in [-0.25, -0.2) is 0 Å². The van der Waals surface area contributed by atoms with E-state index < -0.39 is 0 Å². The fraction of sp³-hybridized carbons (Fsp3) is 0.444. The fourth-order valence-electron chi connectivity index (χ4n) is 1.43. The number of aromatic nitrogens is 1. The van der Waals surface area contributed by atoms with Gasteiger partial charge in [0.2, 0.25) is 0 Å². The fourth-order valence-corrected chi connectivity index (χ4v) is 1.65. The lowest BCUT2D eigenvalue weighted by atomic mass is 10.1. The molecule has 0 radical (unpaired) electrons. The number of nitrogens with two attached hydrogens (primary N) is 1. The summed E-state index contributed by atoms with van der Waals surface area (Å²) in [5.41, 5.74) is 7.97. The molecule has 3 heteroatoms. The van der Waals surface area contributed by atoms with E-state index in [1.807, 2.05) is 13.0 Å². The van der Waals surface area contributed by atoms with Gasteiger partial charge in [0, 0.05) is 6.20 Å². The second-order valence-corrected chi connectivity index (χ2v) is 3.91. The van der Waals surface area contributed by atoms with Crippen molar-refractivity contribution in [1.82, 2.24) is 4.98 Å². The molecule has 1 aliphatic carbocycles. The van der Waals surface area contributed by atoms with Crippen LogP contribution in [0.3, 0.4) is 0 Å². The predicted octanol–water partition coefficient (Wildman–Crippen LogP) is 1.99. The van der Waals surface area contributed by atoms with Crippen molar-refractivity contribution in [2.75, 3.05) is 0 Å². The number of aryl methyl sites for hydroxylation is 1. The summed E-state index contributed by atoms with van der Waals surface area (Å²) < 4.78 is 0. The molecule has 12 heavy (non-hydrogen) atoms. The quantitative estimate of drug-likeness (QED) is 0.722. The van der Waals surface area contributed by atoms with E-state index in [1.54, 1.807) is 6.20 Å². The standard InChI is InChI=1S/C9H11ClN2/c1-6-4-7(10)5-12-8(6)9(11)2-3-9/h4-5H,2-3,11H2,1H3. The van der Waals surface area contributed by atoms with Crippen LogP contribution in [0.15, 0.2) is 12.3 Å². The molecule has 2 N–H and O–H groups in total. The van der Waals surface area contributed by atoms with Gasteiger partial charge in [0.15, 0.2) is 0 Å². The minimum Gasteiger partial charge on any atom is -0.320 e. The predicted molar refractivity (Wildman–Crippen MR) is 49.1 cm³/mol. The zero-order valence-corrected chi connectivity index (χ0v) is 7.73. The number of halogens is 1. The van der Waals surface area contributed by atoms with E-state index in [2.05, 4.69) is 4.98 Å². The number of rotatable bonds is 1. The van der Waals surface area contributed by atoms with Gasteiger partial charge >= 0.3 is 0 Å². The van der Waals surface area contributed by atoms with Crippen molar-refractivity contribution in [3.8, 4) is 0 Å². The lowest BCUT2D eigenvalue weighted by Crippen LogP contribution is -2.21. The molecule has 1 fully saturated rings. The largest absolute Gasteiger partial charge is 0.320 e. The SMILES string of the molecule is Cc1cc(Cl)cnc1C1(N)CC1. The topological polar surface area (TPSA) is 38.9 Å².